The fourth-order valence-corrected chi connectivity index (χ4v) is 6.39. The summed E-state index contributed by atoms with van der Waals surface area (Å²) in [7, 11) is 0. The number of aliphatic carboxylic acids is 1. The molecule has 0 aliphatic heterocycles. The number of carboxylic acid groups (broad SMARTS) is 1. The van der Waals surface area contributed by atoms with Gasteiger partial charge in [0.1, 0.15) is 6.04 Å². The van der Waals surface area contributed by atoms with Gasteiger partial charge in [0, 0.05) is 18.7 Å². The van der Waals surface area contributed by atoms with Gasteiger partial charge in [-0.1, -0.05) is 86.0 Å². The second kappa shape index (κ2) is 16.3. The van der Waals surface area contributed by atoms with Gasteiger partial charge in [-0.3, -0.25) is 9.59 Å². The second-order valence-corrected chi connectivity index (χ2v) is 12.6. The van der Waals surface area contributed by atoms with Crippen LogP contribution < -0.4 is 5.32 Å². The molecule has 0 unspecified atom stereocenters. The van der Waals surface area contributed by atoms with Crippen molar-refractivity contribution >= 4 is 29.5 Å². The van der Waals surface area contributed by atoms with Crippen molar-refractivity contribution in [1.82, 2.24) is 10.2 Å². The molecule has 0 aromatic heterocycles. The van der Waals surface area contributed by atoms with Crippen LogP contribution in [0, 0.1) is 12.8 Å². The predicted octanol–water partition coefficient (Wildman–Crippen LogP) is 6.79. The highest BCUT2D eigenvalue weighted by atomic mass is 32.2. The van der Waals surface area contributed by atoms with Crippen LogP contribution in [0.25, 0.3) is 11.1 Å². The average Bonchev–Trinajstić information content (AvgIpc) is 3.02. The molecular weight excluding hydrogens is 556 g/mol. The highest BCUT2D eigenvalue weighted by Crippen LogP contribution is 2.29. The zero-order valence-electron chi connectivity index (χ0n) is 25.4. The standard InChI is InChI=1S/C36H44N2O4S/c1-26-11-9-10-16-30(26)32-23-28(17-18-31(32)35(40)37-33(36(41)42)20-22-43-2)19-21-38(25-29-14-7-4-8-15-29)34(39)24-27-12-5-3-6-13-27/h3,5-6,9-13,16-18,23,29,33H,4,7-8,14-15,19-22,24-25H2,1-2H3,(H,37,40)(H,41,42)/t33-/m0/s1. The van der Waals surface area contributed by atoms with Crippen LogP contribution in [0.3, 0.4) is 0 Å². The Labute approximate surface area is 260 Å². The SMILES string of the molecule is CSCC[C@H](NC(=O)c1ccc(CCN(CC2CCCCC2)C(=O)Cc2ccccc2)cc1-c1ccccc1C)C(=O)O. The van der Waals surface area contributed by atoms with Crippen molar-refractivity contribution in [3.63, 3.8) is 0 Å². The number of thioether (sulfide) groups is 1. The minimum atomic E-state index is -1.03. The quantitative estimate of drug-likeness (QED) is 0.213. The molecule has 43 heavy (non-hydrogen) atoms. The Morgan fingerprint density at radius 3 is 2.35 bits per heavy atom. The summed E-state index contributed by atoms with van der Waals surface area (Å²) in [6.07, 6.45) is 9.41. The topological polar surface area (TPSA) is 86.7 Å². The van der Waals surface area contributed by atoms with Crippen LogP contribution in [-0.4, -0.2) is 58.9 Å². The van der Waals surface area contributed by atoms with Gasteiger partial charge in [-0.2, -0.15) is 11.8 Å². The summed E-state index contributed by atoms with van der Waals surface area (Å²) >= 11 is 1.55. The highest BCUT2D eigenvalue weighted by Gasteiger charge is 2.24. The van der Waals surface area contributed by atoms with Crippen molar-refractivity contribution in [2.75, 3.05) is 25.1 Å². The largest absolute Gasteiger partial charge is 0.480 e. The fraction of sp³-hybridized carbons (Fsp3) is 0.417. The number of hydrogen-bond donors (Lipinski definition) is 2. The fourth-order valence-electron chi connectivity index (χ4n) is 5.92. The maximum Gasteiger partial charge on any atom is 0.326 e. The van der Waals surface area contributed by atoms with Gasteiger partial charge in [-0.25, -0.2) is 4.79 Å². The van der Waals surface area contributed by atoms with Gasteiger partial charge in [0.2, 0.25) is 5.91 Å². The minimum Gasteiger partial charge on any atom is -0.480 e. The number of amides is 2. The molecule has 6 nitrogen and oxygen atoms in total. The summed E-state index contributed by atoms with van der Waals surface area (Å²) in [5.74, 6) is -0.0987. The van der Waals surface area contributed by atoms with E-state index in [1.807, 2.05) is 84.8 Å². The third kappa shape index (κ3) is 9.45. The summed E-state index contributed by atoms with van der Waals surface area (Å²) in [6.45, 7) is 3.40. The molecule has 2 N–H and O–H groups in total. The van der Waals surface area contributed by atoms with E-state index in [9.17, 15) is 19.5 Å². The van der Waals surface area contributed by atoms with Gasteiger partial charge in [0.05, 0.1) is 6.42 Å². The smallest absolute Gasteiger partial charge is 0.326 e. The average molecular weight is 601 g/mol. The molecule has 3 aromatic carbocycles. The van der Waals surface area contributed by atoms with Gasteiger partial charge >= 0.3 is 5.97 Å². The molecule has 0 spiro atoms. The number of aryl methyl sites for hydroxylation is 1. The van der Waals surface area contributed by atoms with E-state index < -0.39 is 17.9 Å². The lowest BCUT2D eigenvalue weighted by Gasteiger charge is -2.30. The first kappa shape index (κ1) is 32.3. The van der Waals surface area contributed by atoms with Crippen LogP contribution in [-0.2, 0) is 22.4 Å². The lowest BCUT2D eigenvalue weighted by Crippen LogP contribution is -2.41. The van der Waals surface area contributed by atoms with E-state index in [2.05, 4.69) is 5.32 Å². The van der Waals surface area contributed by atoms with Crippen molar-refractivity contribution in [3.8, 4) is 11.1 Å². The van der Waals surface area contributed by atoms with Gasteiger partial charge in [-0.15, -0.1) is 0 Å². The predicted molar refractivity (Wildman–Crippen MR) is 176 cm³/mol. The number of carbonyl (C=O) groups excluding carboxylic acids is 2. The Kier molecular flexibility index (Phi) is 12.3. The number of nitrogens with one attached hydrogen (secondary N) is 1. The highest BCUT2D eigenvalue weighted by molar-refractivity contribution is 7.98. The van der Waals surface area contributed by atoms with Crippen LogP contribution in [0.1, 0.15) is 65.6 Å². The molecule has 3 aromatic rings. The summed E-state index contributed by atoms with van der Waals surface area (Å²) < 4.78 is 0. The van der Waals surface area contributed by atoms with E-state index in [1.165, 1.54) is 32.1 Å². The molecule has 1 aliphatic rings. The number of rotatable bonds is 14. The Bertz CT molecular complexity index is 1370. The van der Waals surface area contributed by atoms with Crippen molar-refractivity contribution in [2.24, 2.45) is 5.92 Å². The van der Waals surface area contributed by atoms with E-state index in [0.717, 1.165) is 34.4 Å². The van der Waals surface area contributed by atoms with Gasteiger partial charge in [0.15, 0.2) is 0 Å². The van der Waals surface area contributed by atoms with Crippen molar-refractivity contribution < 1.29 is 19.5 Å². The Balaban J connectivity index is 1.57. The monoisotopic (exact) mass is 600 g/mol. The maximum absolute atomic E-state index is 13.5. The summed E-state index contributed by atoms with van der Waals surface area (Å²) in [4.78, 5) is 40.9. The van der Waals surface area contributed by atoms with Crippen LogP contribution >= 0.6 is 11.8 Å². The van der Waals surface area contributed by atoms with Crippen LogP contribution in [0.15, 0.2) is 72.8 Å². The Hall–Kier alpha value is -3.58. The number of carbonyl (C=O) groups is 3. The zero-order chi connectivity index (χ0) is 30.6. The van der Waals surface area contributed by atoms with Crippen LogP contribution in [0.5, 0.6) is 0 Å². The first-order valence-electron chi connectivity index (χ1n) is 15.4. The van der Waals surface area contributed by atoms with Crippen molar-refractivity contribution in [2.45, 2.75) is 64.3 Å². The van der Waals surface area contributed by atoms with Crippen LogP contribution in [0.2, 0.25) is 0 Å². The molecule has 228 valence electrons. The minimum absolute atomic E-state index is 0.150. The molecule has 7 heteroatoms. The Morgan fingerprint density at radius 1 is 0.930 bits per heavy atom. The first-order chi connectivity index (χ1) is 20.9. The maximum atomic E-state index is 13.5. The molecule has 0 radical (unpaired) electrons. The Morgan fingerprint density at radius 2 is 1.65 bits per heavy atom. The van der Waals surface area contributed by atoms with Gasteiger partial charge in [0.25, 0.3) is 5.91 Å². The van der Waals surface area contributed by atoms with Crippen molar-refractivity contribution in [3.05, 3.63) is 95.1 Å². The first-order valence-corrected chi connectivity index (χ1v) is 16.8. The lowest BCUT2D eigenvalue weighted by atomic mass is 9.88. The molecular formula is C36H44N2O4S. The molecule has 0 heterocycles. The molecule has 1 atom stereocenters. The summed E-state index contributed by atoms with van der Waals surface area (Å²) in [5.41, 5.74) is 5.25. The summed E-state index contributed by atoms with van der Waals surface area (Å²) in [5, 5.41) is 12.4. The molecule has 1 fully saturated rings. The molecule has 0 saturated heterocycles. The normalized spacial score (nSPS) is 14.2. The number of benzene rings is 3. The third-order valence-electron chi connectivity index (χ3n) is 8.40. The number of carboxylic acids is 1. The van der Waals surface area contributed by atoms with Crippen LogP contribution in [0.4, 0.5) is 0 Å². The second-order valence-electron chi connectivity index (χ2n) is 11.6. The lowest BCUT2D eigenvalue weighted by molar-refractivity contribution is -0.139. The molecule has 1 saturated carbocycles. The van der Waals surface area contributed by atoms with E-state index >= 15 is 0 Å². The van der Waals surface area contributed by atoms with Crippen molar-refractivity contribution in [1.29, 1.82) is 0 Å². The molecule has 4 rings (SSSR count). The van der Waals surface area contributed by atoms with E-state index in [4.69, 9.17) is 0 Å². The number of nitrogens with zero attached hydrogens (tertiary/aromatic N) is 1. The van der Waals surface area contributed by atoms with E-state index in [-0.39, 0.29) is 5.91 Å². The van der Waals surface area contributed by atoms with E-state index in [0.29, 0.717) is 43.0 Å². The molecule has 2 amide bonds. The number of hydrogen-bond acceptors (Lipinski definition) is 4. The van der Waals surface area contributed by atoms with Gasteiger partial charge in [-0.05, 0) is 84.4 Å². The van der Waals surface area contributed by atoms with Gasteiger partial charge < -0.3 is 15.3 Å². The summed E-state index contributed by atoms with van der Waals surface area (Å²) in [6, 6.07) is 22.7. The molecule has 1 aliphatic carbocycles. The van der Waals surface area contributed by atoms with E-state index in [1.54, 1.807) is 17.8 Å². The molecule has 0 bridgehead atoms. The third-order valence-corrected chi connectivity index (χ3v) is 9.05. The zero-order valence-corrected chi connectivity index (χ0v) is 26.2.